The lowest BCUT2D eigenvalue weighted by Gasteiger charge is -2.51. The van der Waals surface area contributed by atoms with Gasteiger partial charge in [-0.2, -0.15) is 13.9 Å². The molecule has 3 heterocycles. The second-order valence-corrected chi connectivity index (χ2v) is 8.42. The van der Waals surface area contributed by atoms with E-state index in [9.17, 15) is 13.6 Å². The van der Waals surface area contributed by atoms with Gasteiger partial charge >= 0.3 is 6.61 Å². The highest BCUT2D eigenvalue weighted by molar-refractivity contribution is 6.04. The first kappa shape index (κ1) is 21.5. The van der Waals surface area contributed by atoms with Crippen LogP contribution in [0.15, 0.2) is 47.6 Å². The van der Waals surface area contributed by atoms with E-state index in [0.717, 1.165) is 5.56 Å². The Morgan fingerprint density at radius 3 is 2.58 bits per heavy atom. The fourth-order valence-corrected chi connectivity index (χ4v) is 5.00. The number of nitrogens with zero attached hydrogens (tertiary/aromatic N) is 3. The van der Waals surface area contributed by atoms with Crippen LogP contribution in [-0.4, -0.2) is 54.1 Å². The van der Waals surface area contributed by atoms with Gasteiger partial charge in [-0.3, -0.25) is 4.79 Å². The van der Waals surface area contributed by atoms with Gasteiger partial charge in [0.1, 0.15) is 5.75 Å². The van der Waals surface area contributed by atoms with Crippen molar-refractivity contribution in [2.45, 2.75) is 44.6 Å². The number of piperidine rings is 1. The van der Waals surface area contributed by atoms with Crippen molar-refractivity contribution < 1.29 is 27.8 Å². The van der Waals surface area contributed by atoms with Crippen molar-refractivity contribution in [3.8, 4) is 17.2 Å². The van der Waals surface area contributed by atoms with Crippen molar-refractivity contribution in [2.75, 3.05) is 20.2 Å². The molecule has 1 amide bonds. The van der Waals surface area contributed by atoms with Gasteiger partial charge in [0.25, 0.3) is 0 Å². The Labute approximate surface area is 190 Å². The third kappa shape index (κ3) is 3.65. The van der Waals surface area contributed by atoms with Crippen LogP contribution >= 0.6 is 0 Å². The van der Waals surface area contributed by atoms with E-state index in [1.807, 2.05) is 23.2 Å². The van der Waals surface area contributed by atoms with Crippen LogP contribution in [0.2, 0.25) is 0 Å². The van der Waals surface area contributed by atoms with Gasteiger partial charge in [0, 0.05) is 50.4 Å². The van der Waals surface area contributed by atoms with Crippen LogP contribution in [-0.2, 0) is 4.79 Å². The van der Waals surface area contributed by atoms with Gasteiger partial charge in [0.15, 0.2) is 11.5 Å². The molecule has 2 aromatic carbocycles. The molecule has 2 aromatic rings. The van der Waals surface area contributed by atoms with Gasteiger partial charge < -0.3 is 19.1 Å². The number of carbonyl (C=O) groups excluding carboxylic acids is 1. The molecule has 0 aliphatic carbocycles. The molecule has 0 aromatic heterocycles. The molecule has 1 atom stereocenters. The second kappa shape index (κ2) is 8.20. The van der Waals surface area contributed by atoms with Crippen LogP contribution in [0.1, 0.15) is 43.4 Å². The van der Waals surface area contributed by atoms with Crippen molar-refractivity contribution in [2.24, 2.45) is 5.10 Å². The second-order valence-electron chi connectivity index (χ2n) is 8.42. The van der Waals surface area contributed by atoms with Crippen LogP contribution in [0.25, 0.3) is 0 Å². The third-order valence-electron chi connectivity index (χ3n) is 6.61. The van der Waals surface area contributed by atoms with E-state index >= 15 is 0 Å². The molecule has 1 fully saturated rings. The number of ether oxygens (including phenoxy) is 3. The standard InChI is InChI=1S/C24H25F2N3O4/c1-15(30)28-12-10-24(11-13-28)29-19(17-7-5-9-21(31-2)22(17)33-24)14-18(27-29)16-6-3-4-8-20(16)32-23(25)26/h3-9,19,23H,10-14H2,1-2H3/t19-/m0/s1. The third-order valence-corrected chi connectivity index (χ3v) is 6.61. The molecule has 174 valence electrons. The van der Waals surface area contributed by atoms with E-state index in [0.29, 0.717) is 55.1 Å². The molecule has 1 saturated heterocycles. The molecule has 0 bridgehead atoms. The molecule has 1 spiro atoms. The SMILES string of the molecule is COc1cccc2c1OC1(CCN(C(C)=O)CC1)N1N=C(c3ccccc3OC(F)F)C[C@@H]21. The number of hydrogen-bond donors (Lipinski definition) is 0. The van der Waals surface area contributed by atoms with E-state index < -0.39 is 12.3 Å². The normalized spacial score (nSPS) is 20.8. The molecular weight excluding hydrogens is 432 g/mol. The Hall–Kier alpha value is -3.36. The van der Waals surface area contributed by atoms with Crippen LogP contribution < -0.4 is 14.2 Å². The number of likely N-dealkylation sites (tertiary alicyclic amines) is 1. The number of para-hydroxylation sites is 2. The molecule has 33 heavy (non-hydrogen) atoms. The number of carbonyl (C=O) groups is 1. The number of halogens is 2. The number of amides is 1. The number of hydrazone groups is 1. The molecule has 3 aliphatic heterocycles. The largest absolute Gasteiger partial charge is 0.493 e. The quantitative estimate of drug-likeness (QED) is 0.689. The summed E-state index contributed by atoms with van der Waals surface area (Å²) in [6.45, 7) is -0.281. The van der Waals surface area contributed by atoms with E-state index in [-0.39, 0.29) is 17.7 Å². The van der Waals surface area contributed by atoms with Gasteiger partial charge in [-0.25, -0.2) is 5.01 Å². The average Bonchev–Trinajstić information content (AvgIpc) is 3.26. The molecule has 0 unspecified atom stereocenters. The smallest absolute Gasteiger partial charge is 0.387 e. The van der Waals surface area contributed by atoms with Crippen LogP contribution in [0.3, 0.4) is 0 Å². The van der Waals surface area contributed by atoms with E-state index in [1.165, 1.54) is 6.07 Å². The first-order valence-corrected chi connectivity index (χ1v) is 10.9. The molecular formula is C24H25F2N3O4. The van der Waals surface area contributed by atoms with Gasteiger partial charge in [-0.1, -0.05) is 24.3 Å². The van der Waals surface area contributed by atoms with Crippen LogP contribution in [0, 0.1) is 0 Å². The van der Waals surface area contributed by atoms with Crippen molar-refractivity contribution in [3.63, 3.8) is 0 Å². The number of benzene rings is 2. The maximum Gasteiger partial charge on any atom is 0.387 e. The minimum Gasteiger partial charge on any atom is -0.493 e. The zero-order valence-electron chi connectivity index (χ0n) is 18.5. The maximum absolute atomic E-state index is 13.0. The summed E-state index contributed by atoms with van der Waals surface area (Å²) in [5.74, 6) is 1.43. The van der Waals surface area contributed by atoms with E-state index in [4.69, 9.17) is 19.3 Å². The Balaban J connectivity index is 1.57. The fraction of sp³-hybridized carbons (Fsp3) is 0.417. The van der Waals surface area contributed by atoms with Crippen molar-refractivity contribution in [1.82, 2.24) is 9.91 Å². The topological polar surface area (TPSA) is 63.6 Å². The lowest BCUT2D eigenvalue weighted by molar-refractivity contribution is -0.159. The van der Waals surface area contributed by atoms with Crippen molar-refractivity contribution in [3.05, 3.63) is 53.6 Å². The van der Waals surface area contributed by atoms with Crippen LogP contribution in [0.4, 0.5) is 8.78 Å². The zero-order valence-corrected chi connectivity index (χ0v) is 18.5. The number of hydrogen-bond acceptors (Lipinski definition) is 6. The first-order valence-electron chi connectivity index (χ1n) is 10.9. The Morgan fingerprint density at radius 1 is 1.15 bits per heavy atom. The summed E-state index contributed by atoms with van der Waals surface area (Å²) in [5.41, 5.74) is 1.36. The molecule has 0 radical (unpaired) electrons. The summed E-state index contributed by atoms with van der Waals surface area (Å²) in [6.07, 6.45) is 1.63. The van der Waals surface area contributed by atoms with Gasteiger partial charge in [-0.05, 0) is 18.2 Å². The first-order chi connectivity index (χ1) is 15.9. The highest BCUT2D eigenvalue weighted by Crippen LogP contribution is 2.53. The van der Waals surface area contributed by atoms with E-state index in [1.54, 1.807) is 37.1 Å². The Bertz CT molecular complexity index is 1100. The summed E-state index contributed by atoms with van der Waals surface area (Å²) >= 11 is 0. The fourth-order valence-electron chi connectivity index (χ4n) is 5.00. The lowest BCUT2D eigenvalue weighted by Crippen LogP contribution is -2.59. The highest BCUT2D eigenvalue weighted by atomic mass is 19.3. The summed E-state index contributed by atoms with van der Waals surface area (Å²) < 4.78 is 43.0. The Morgan fingerprint density at radius 2 is 1.88 bits per heavy atom. The molecule has 0 N–H and O–H groups in total. The molecule has 0 saturated carbocycles. The number of fused-ring (bicyclic) bond motifs is 4. The van der Waals surface area contributed by atoms with E-state index in [2.05, 4.69) is 0 Å². The summed E-state index contributed by atoms with van der Waals surface area (Å²) in [5, 5.41) is 6.86. The minimum absolute atomic E-state index is 0.0267. The zero-order chi connectivity index (χ0) is 23.2. The lowest BCUT2D eigenvalue weighted by atomic mass is 9.90. The van der Waals surface area contributed by atoms with Gasteiger partial charge in [0.2, 0.25) is 11.6 Å². The predicted molar refractivity (Wildman–Crippen MR) is 117 cm³/mol. The van der Waals surface area contributed by atoms with Crippen molar-refractivity contribution >= 4 is 11.6 Å². The number of rotatable bonds is 4. The Kier molecular flexibility index (Phi) is 5.34. The predicted octanol–water partition coefficient (Wildman–Crippen LogP) is 4.18. The molecule has 7 nitrogen and oxygen atoms in total. The average molecular weight is 457 g/mol. The summed E-state index contributed by atoms with van der Waals surface area (Å²) in [7, 11) is 1.60. The van der Waals surface area contributed by atoms with Gasteiger partial charge in [-0.15, -0.1) is 0 Å². The van der Waals surface area contributed by atoms with Crippen LogP contribution in [0.5, 0.6) is 17.2 Å². The molecule has 9 heteroatoms. The molecule has 3 aliphatic rings. The van der Waals surface area contributed by atoms with Gasteiger partial charge in [0.05, 0.1) is 18.9 Å². The monoisotopic (exact) mass is 457 g/mol. The highest BCUT2D eigenvalue weighted by Gasteiger charge is 2.53. The maximum atomic E-state index is 13.0. The summed E-state index contributed by atoms with van der Waals surface area (Å²) in [6, 6.07) is 12.3. The number of alkyl halides is 2. The molecule has 5 rings (SSSR count). The summed E-state index contributed by atoms with van der Waals surface area (Å²) in [4.78, 5) is 13.7. The van der Waals surface area contributed by atoms with Crippen molar-refractivity contribution in [1.29, 1.82) is 0 Å². The minimum atomic E-state index is -2.92. The number of methoxy groups -OCH3 is 1.